The van der Waals surface area contributed by atoms with Gasteiger partial charge in [-0.1, -0.05) is 11.6 Å². The molecule has 1 heterocycles. The largest absolute Gasteiger partial charge is 0.324 e. The Bertz CT molecular complexity index is 541. The molecule has 1 aromatic rings. The van der Waals surface area contributed by atoms with E-state index in [0.717, 1.165) is 0 Å². The van der Waals surface area contributed by atoms with Crippen LogP contribution >= 0.6 is 11.6 Å². The molecule has 8 heteroatoms. The first-order valence-corrected chi connectivity index (χ1v) is 6.18. The van der Waals surface area contributed by atoms with Crippen molar-refractivity contribution in [3.8, 4) is 6.07 Å². The maximum absolute atomic E-state index is 11.8. The number of hydrogen-bond acceptors (Lipinski definition) is 4. The maximum Gasteiger partial charge on any atom is 0.262 e. The van der Waals surface area contributed by atoms with E-state index in [1.807, 2.05) is 6.07 Å². The van der Waals surface area contributed by atoms with Gasteiger partial charge in [-0.25, -0.2) is 13.4 Å². The normalized spacial score (nSPS) is 12.4. The molecule has 6 nitrogen and oxygen atoms in total. The summed E-state index contributed by atoms with van der Waals surface area (Å²) in [7, 11) is -2.30. The molecule has 1 N–H and O–H groups in total. The molecule has 0 spiro atoms. The minimum absolute atomic E-state index is 0.00115. The molecule has 0 unspecified atom stereocenters. The highest BCUT2D eigenvalue weighted by Crippen LogP contribution is 2.19. The van der Waals surface area contributed by atoms with Crippen molar-refractivity contribution in [2.75, 3.05) is 0 Å². The first-order chi connectivity index (χ1) is 7.19. The zero-order valence-electron chi connectivity index (χ0n) is 9.02. The van der Waals surface area contributed by atoms with E-state index in [9.17, 15) is 8.42 Å². The van der Waals surface area contributed by atoms with Crippen molar-refractivity contribution < 1.29 is 8.42 Å². The predicted molar refractivity (Wildman–Crippen MR) is 58.2 cm³/mol. The minimum atomic E-state index is -3.88. The Labute approximate surface area is 98.9 Å². The topological polar surface area (TPSA) is 87.8 Å². The van der Waals surface area contributed by atoms with Crippen LogP contribution in [-0.2, 0) is 17.1 Å². The second-order valence-electron chi connectivity index (χ2n) is 3.79. The van der Waals surface area contributed by atoms with Crippen molar-refractivity contribution in [2.45, 2.75) is 24.4 Å². The lowest BCUT2D eigenvalue weighted by Crippen LogP contribution is -2.42. The predicted octanol–water partition coefficient (Wildman–Crippen LogP) is 0.654. The lowest BCUT2D eigenvalue weighted by Gasteiger charge is -2.16. The summed E-state index contributed by atoms with van der Waals surface area (Å²) in [4.78, 5) is 3.68. The van der Waals surface area contributed by atoms with Crippen molar-refractivity contribution in [1.29, 1.82) is 5.26 Å². The molecular weight excluding hydrogens is 252 g/mol. The van der Waals surface area contributed by atoms with Crippen LogP contribution in [0.2, 0.25) is 5.15 Å². The molecule has 0 amide bonds. The summed E-state index contributed by atoms with van der Waals surface area (Å²) in [6.45, 7) is 2.89. The first kappa shape index (κ1) is 13.0. The third-order valence-corrected chi connectivity index (χ3v) is 3.90. The van der Waals surface area contributed by atoms with Gasteiger partial charge in [-0.15, -0.1) is 0 Å². The third kappa shape index (κ3) is 2.52. The Kier molecular flexibility index (Phi) is 3.28. The summed E-state index contributed by atoms with van der Waals surface area (Å²) < 4.78 is 27.2. The van der Waals surface area contributed by atoms with Crippen LogP contribution < -0.4 is 4.72 Å². The molecule has 0 aliphatic heterocycles. The van der Waals surface area contributed by atoms with Crippen LogP contribution in [0.25, 0.3) is 0 Å². The smallest absolute Gasteiger partial charge is 0.262 e. The average molecular weight is 263 g/mol. The van der Waals surface area contributed by atoms with Crippen molar-refractivity contribution >= 4 is 21.6 Å². The highest BCUT2D eigenvalue weighted by Gasteiger charge is 2.29. The summed E-state index contributed by atoms with van der Waals surface area (Å²) in [5.74, 6) is 0. The number of imidazole rings is 1. The van der Waals surface area contributed by atoms with Gasteiger partial charge in [0.1, 0.15) is 10.7 Å². The van der Waals surface area contributed by atoms with E-state index < -0.39 is 15.6 Å². The van der Waals surface area contributed by atoms with E-state index in [4.69, 9.17) is 16.9 Å². The number of aryl methyl sites for hydroxylation is 1. The quantitative estimate of drug-likeness (QED) is 0.866. The van der Waals surface area contributed by atoms with Crippen molar-refractivity contribution in [3.63, 3.8) is 0 Å². The molecular formula is C8H11ClN4O2S. The van der Waals surface area contributed by atoms with Crippen LogP contribution in [0.4, 0.5) is 0 Å². The van der Waals surface area contributed by atoms with Crippen LogP contribution in [0.1, 0.15) is 13.8 Å². The van der Waals surface area contributed by atoms with Gasteiger partial charge in [-0.3, -0.25) is 0 Å². The Morgan fingerprint density at radius 1 is 1.62 bits per heavy atom. The summed E-state index contributed by atoms with van der Waals surface area (Å²) in [5, 5.41) is 8.47. The molecule has 1 rings (SSSR count). The van der Waals surface area contributed by atoms with Crippen LogP contribution in [-0.4, -0.2) is 23.5 Å². The molecule has 16 heavy (non-hydrogen) atoms. The highest BCUT2D eigenvalue weighted by atomic mass is 35.5. The van der Waals surface area contributed by atoms with Gasteiger partial charge in [-0.2, -0.15) is 9.98 Å². The second kappa shape index (κ2) is 4.05. The SMILES string of the molecule is Cn1cnc(S(=O)(=O)NC(C)(C)C#N)c1Cl. The third-order valence-electron chi connectivity index (χ3n) is 1.76. The molecule has 0 aliphatic carbocycles. The van der Waals surface area contributed by atoms with Crippen LogP contribution in [0.5, 0.6) is 0 Å². The summed E-state index contributed by atoms with van der Waals surface area (Å²) in [6.07, 6.45) is 1.29. The number of sulfonamides is 1. The van der Waals surface area contributed by atoms with Gasteiger partial charge in [0.25, 0.3) is 10.0 Å². The summed E-state index contributed by atoms with van der Waals surface area (Å²) >= 11 is 5.76. The number of hydrogen-bond donors (Lipinski definition) is 1. The van der Waals surface area contributed by atoms with Gasteiger partial charge >= 0.3 is 0 Å². The lowest BCUT2D eigenvalue weighted by molar-refractivity contribution is 0.533. The molecule has 0 aliphatic rings. The lowest BCUT2D eigenvalue weighted by atomic mass is 10.1. The van der Waals surface area contributed by atoms with Gasteiger partial charge in [0.05, 0.1) is 12.4 Å². The number of rotatable bonds is 3. The number of nitrogens with one attached hydrogen (secondary N) is 1. The molecule has 0 radical (unpaired) electrons. The maximum atomic E-state index is 11.8. The monoisotopic (exact) mass is 262 g/mol. The van der Waals surface area contributed by atoms with E-state index in [0.29, 0.717) is 0 Å². The van der Waals surface area contributed by atoms with Gasteiger partial charge in [0, 0.05) is 7.05 Å². The Balaban J connectivity index is 3.15. The van der Waals surface area contributed by atoms with Crippen LogP contribution in [0.3, 0.4) is 0 Å². The minimum Gasteiger partial charge on any atom is -0.324 e. The molecule has 1 aromatic heterocycles. The molecule has 0 bridgehead atoms. The van der Waals surface area contributed by atoms with E-state index in [1.54, 1.807) is 7.05 Å². The number of nitrogens with zero attached hydrogens (tertiary/aromatic N) is 3. The molecule has 0 saturated carbocycles. The molecule has 0 atom stereocenters. The fourth-order valence-electron chi connectivity index (χ4n) is 0.981. The van der Waals surface area contributed by atoms with Gasteiger partial charge in [0.2, 0.25) is 5.03 Å². The number of nitriles is 1. The molecule has 88 valence electrons. The van der Waals surface area contributed by atoms with Gasteiger partial charge in [-0.05, 0) is 13.8 Å². The van der Waals surface area contributed by atoms with E-state index >= 15 is 0 Å². The molecule has 0 saturated heterocycles. The van der Waals surface area contributed by atoms with Crippen LogP contribution in [0, 0.1) is 11.3 Å². The fraction of sp³-hybridized carbons (Fsp3) is 0.500. The Morgan fingerprint density at radius 3 is 2.56 bits per heavy atom. The van der Waals surface area contributed by atoms with Gasteiger partial charge in [0.15, 0.2) is 0 Å². The number of aromatic nitrogens is 2. The first-order valence-electron chi connectivity index (χ1n) is 4.31. The van der Waals surface area contributed by atoms with Gasteiger partial charge < -0.3 is 4.57 Å². The summed E-state index contributed by atoms with van der Waals surface area (Å²) in [5.41, 5.74) is -1.21. The number of halogens is 1. The van der Waals surface area contributed by atoms with E-state index in [2.05, 4.69) is 9.71 Å². The standard InChI is InChI=1S/C8H11ClN4O2S/c1-8(2,4-10)12-16(14,15)7-6(9)13(3)5-11-7/h5,12H,1-3H3. The van der Waals surface area contributed by atoms with Crippen molar-refractivity contribution in [1.82, 2.24) is 14.3 Å². The van der Waals surface area contributed by atoms with Crippen LogP contribution in [0.15, 0.2) is 11.4 Å². The van der Waals surface area contributed by atoms with Crippen molar-refractivity contribution in [3.05, 3.63) is 11.5 Å². The Morgan fingerprint density at radius 2 is 2.19 bits per heavy atom. The van der Waals surface area contributed by atoms with E-state index in [-0.39, 0.29) is 10.2 Å². The van der Waals surface area contributed by atoms with E-state index in [1.165, 1.54) is 24.7 Å². The zero-order chi connectivity index (χ0) is 12.6. The fourth-order valence-corrected chi connectivity index (χ4v) is 2.74. The second-order valence-corrected chi connectivity index (χ2v) is 5.75. The molecule has 0 fully saturated rings. The summed E-state index contributed by atoms with van der Waals surface area (Å²) in [6, 6.07) is 1.83. The van der Waals surface area contributed by atoms with Crippen molar-refractivity contribution in [2.24, 2.45) is 7.05 Å². The average Bonchev–Trinajstić information content (AvgIpc) is 2.46. The highest BCUT2D eigenvalue weighted by molar-refractivity contribution is 7.89. The molecule has 0 aromatic carbocycles. The Hall–Kier alpha value is -1.10. The zero-order valence-corrected chi connectivity index (χ0v) is 10.6.